The second-order valence-electron chi connectivity index (χ2n) is 14.7. The van der Waals surface area contributed by atoms with Gasteiger partial charge in [-0.15, -0.1) is 11.3 Å². The van der Waals surface area contributed by atoms with Gasteiger partial charge >= 0.3 is 12.1 Å². The van der Waals surface area contributed by atoms with Crippen LogP contribution in [0.15, 0.2) is 5.38 Å². The molecule has 3 amide bonds. The third-order valence-corrected chi connectivity index (χ3v) is 10.0. The van der Waals surface area contributed by atoms with Crippen molar-refractivity contribution < 1.29 is 33.8 Å². The van der Waals surface area contributed by atoms with Gasteiger partial charge in [0.2, 0.25) is 11.8 Å². The van der Waals surface area contributed by atoms with E-state index in [-0.39, 0.29) is 41.3 Å². The Labute approximate surface area is 292 Å². The van der Waals surface area contributed by atoms with E-state index in [1.54, 1.807) is 4.90 Å². The fraction of sp³-hybridized carbons (Fsp3) is 0.806. The molecule has 1 fully saturated rings. The Morgan fingerprint density at radius 2 is 1.81 bits per heavy atom. The number of carboxylic acid groups (broad SMARTS) is 1. The maximum absolute atomic E-state index is 14.8. The summed E-state index contributed by atoms with van der Waals surface area (Å²) in [5, 5.41) is 14.7. The van der Waals surface area contributed by atoms with E-state index in [4.69, 9.17) is 9.47 Å². The van der Waals surface area contributed by atoms with Gasteiger partial charge in [0.15, 0.2) is 5.69 Å². The lowest BCUT2D eigenvalue weighted by Crippen LogP contribution is -2.59. The largest absolute Gasteiger partial charge is 0.476 e. The number of hydrogen-bond acceptors (Lipinski definition) is 8. The predicted octanol–water partition coefficient (Wildman–Crippen LogP) is 7.51. The van der Waals surface area contributed by atoms with Crippen LogP contribution >= 0.6 is 11.3 Å². The molecular weight excluding hydrogens is 632 g/mol. The van der Waals surface area contributed by atoms with Gasteiger partial charge < -0.3 is 24.8 Å². The van der Waals surface area contributed by atoms with Gasteiger partial charge in [-0.3, -0.25) is 14.5 Å². The molecule has 6 atom stereocenters. The number of carboxylic acids is 1. The van der Waals surface area contributed by atoms with Crippen LogP contribution in [0.2, 0.25) is 0 Å². The fourth-order valence-corrected chi connectivity index (χ4v) is 7.05. The predicted molar refractivity (Wildman–Crippen MR) is 189 cm³/mol. The first-order valence-electron chi connectivity index (χ1n) is 17.9. The number of unbranched alkanes of at least 4 members (excludes halogenated alkanes) is 3. The number of hydrogen-bond donors (Lipinski definition) is 2. The van der Waals surface area contributed by atoms with Gasteiger partial charge in [0.25, 0.3) is 0 Å². The van der Waals surface area contributed by atoms with Crippen molar-refractivity contribution in [2.75, 3.05) is 19.7 Å². The second kappa shape index (κ2) is 19.5. The number of aromatic carboxylic acids is 1. The zero-order chi connectivity index (χ0) is 36.2. The molecule has 0 aliphatic carbocycles. The summed E-state index contributed by atoms with van der Waals surface area (Å²) in [6.07, 6.45) is 4.70. The molecule has 11 nitrogen and oxygen atoms in total. The van der Waals surface area contributed by atoms with Crippen LogP contribution in [-0.2, 0) is 19.1 Å². The summed E-state index contributed by atoms with van der Waals surface area (Å²) in [5.74, 6) is -2.61. The molecule has 1 saturated heterocycles. The Bertz CT molecular complexity index is 1180. The zero-order valence-electron chi connectivity index (χ0n) is 31.0. The molecule has 12 heteroatoms. The molecule has 2 N–H and O–H groups in total. The molecule has 1 aliphatic heterocycles. The average molecular weight is 695 g/mol. The topological polar surface area (TPSA) is 138 Å². The molecule has 274 valence electrons. The van der Waals surface area contributed by atoms with Crippen molar-refractivity contribution >= 4 is 35.2 Å². The van der Waals surface area contributed by atoms with E-state index >= 15 is 0 Å². The van der Waals surface area contributed by atoms with Crippen molar-refractivity contribution in [3.63, 3.8) is 0 Å². The molecule has 1 aromatic rings. The van der Waals surface area contributed by atoms with E-state index in [1.165, 1.54) is 16.7 Å². The highest BCUT2D eigenvalue weighted by atomic mass is 32.1. The maximum Gasteiger partial charge on any atom is 0.411 e. The Balaban J connectivity index is 2.47. The first-order valence-corrected chi connectivity index (χ1v) is 18.8. The monoisotopic (exact) mass is 694 g/mol. The van der Waals surface area contributed by atoms with E-state index in [9.17, 15) is 24.3 Å². The summed E-state index contributed by atoms with van der Waals surface area (Å²) in [6, 6.07) is -0.292. The first kappa shape index (κ1) is 41.4. The number of amides is 3. The lowest BCUT2D eigenvalue weighted by Gasteiger charge is -2.41. The minimum atomic E-state index is -1.10. The molecule has 0 spiro atoms. The lowest BCUT2D eigenvalue weighted by molar-refractivity contribution is -0.148. The van der Waals surface area contributed by atoms with Crippen molar-refractivity contribution in [1.29, 1.82) is 0 Å². The number of rotatable bonds is 18. The van der Waals surface area contributed by atoms with Crippen molar-refractivity contribution in [1.82, 2.24) is 20.1 Å². The lowest BCUT2D eigenvalue weighted by atomic mass is 9.86. The summed E-state index contributed by atoms with van der Waals surface area (Å²) in [7, 11) is 0. The van der Waals surface area contributed by atoms with Gasteiger partial charge in [-0.25, -0.2) is 14.6 Å². The Kier molecular flexibility index (Phi) is 16.8. The molecule has 0 unspecified atom stereocenters. The van der Waals surface area contributed by atoms with Gasteiger partial charge in [0, 0.05) is 37.5 Å². The number of likely N-dealkylation sites (tertiary alicyclic amines) is 1. The number of nitrogens with one attached hydrogen (secondary N) is 1. The number of aromatic nitrogens is 1. The van der Waals surface area contributed by atoms with E-state index in [1.807, 2.05) is 46.4 Å². The number of thiazole rings is 1. The molecule has 1 aromatic heterocycles. The molecule has 48 heavy (non-hydrogen) atoms. The van der Waals surface area contributed by atoms with Crippen molar-refractivity contribution in [2.45, 2.75) is 145 Å². The van der Waals surface area contributed by atoms with Crippen LogP contribution in [0.1, 0.15) is 142 Å². The second-order valence-corrected chi connectivity index (χ2v) is 15.5. The van der Waals surface area contributed by atoms with Crippen LogP contribution in [0.4, 0.5) is 4.79 Å². The Morgan fingerprint density at radius 3 is 2.35 bits per heavy atom. The molecule has 2 heterocycles. The number of piperidine rings is 1. The van der Waals surface area contributed by atoms with Crippen LogP contribution in [0.25, 0.3) is 0 Å². The molecule has 0 radical (unpaired) electrons. The van der Waals surface area contributed by atoms with E-state index in [0.29, 0.717) is 44.0 Å². The van der Waals surface area contributed by atoms with Gasteiger partial charge in [-0.2, -0.15) is 0 Å². The highest BCUT2D eigenvalue weighted by Gasteiger charge is 2.42. The van der Waals surface area contributed by atoms with Crippen molar-refractivity contribution in [3.05, 3.63) is 16.1 Å². The van der Waals surface area contributed by atoms with E-state index in [2.05, 4.69) is 38.0 Å². The third-order valence-electron chi connectivity index (χ3n) is 9.11. The zero-order valence-corrected chi connectivity index (χ0v) is 31.9. The smallest absolute Gasteiger partial charge is 0.411 e. The fourth-order valence-electron chi connectivity index (χ4n) is 6.20. The van der Waals surface area contributed by atoms with Crippen LogP contribution in [0.3, 0.4) is 0 Å². The standard InChI is InChI=1S/C36H62N4O7S/c1-11-14-15-16-18-39(27(23(4)5)21-28(46-13-3)32-37-26(22-48-32)34(43)44)33(42)30(25(7)12-2)31(41)38-29-20-24(6)17-19-40(29)35(45)47-36(8,9)10/h22-25,27-30H,11-21H2,1-10H3,(H,38,41)(H,43,44)/t24-,25+,27-,28-,29-,30+/m1/s1. The summed E-state index contributed by atoms with van der Waals surface area (Å²) in [5.41, 5.74) is -0.708. The van der Waals surface area contributed by atoms with Gasteiger partial charge in [0.1, 0.15) is 28.8 Å². The van der Waals surface area contributed by atoms with Crippen LogP contribution < -0.4 is 5.32 Å². The third kappa shape index (κ3) is 12.3. The highest BCUT2D eigenvalue weighted by Crippen LogP contribution is 2.33. The van der Waals surface area contributed by atoms with E-state index < -0.39 is 35.9 Å². The van der Waals surface area contributed by atoms with Crippen LogP contribution in [-0.4, -0.2) is 81.3 Å². The minimum absolute atomic E-state index is 0.0180. The van der Waals surface area contributed by atoms with Gasteiger partial charge in [-0.1, -0.05) is 67.2 Å². The number of carbonyl (C=O) groups is 4. The molecule has 0 bridgehead atoms. The average Bonchev–Trinajstić information content (AvgIpc) is 3.49. The molecular formula is C36H62N4O7S. The molecule has 0 saturated carbocycles. The summed E-state index contributed by atoms with van der Waals surface area (Å²) in [4.78, 5) is 61.7. The van der Waals surface area contributed by atoms with Crippen molar-refractivity contribution in [2.24, 2.45) is 23.7 Å². The van der Waals surface area contributed by atoms with Gasteiger partial charge in [0.05, 0.1) is 0 Å². The Morgan fingerprint density at radius 1 is 1.12 bits per heavy atom. The minimum Gasteiger partial charge on any atom is -0.476 e. The molecule has 0 aromatic carbocycles. The Hall–Kier alpha value is -2.73. The highest BCUT2D eigenvalue weighted by molar-refractivity contribution is 7.09. The summed E-state index contributed by atoms with van der Waals surface area (Å²) >= 11 is 1.24. The van der Waals surface area contributed by atoms with Crippen LogP contribution in [0, 0.1) is 23.7 Å². The van der Waals surface area contributed by atoms with Crippen LogP contribution in [0.5, 0.6) is 0 Å². The number of nitrogens with zero attached hydrogens (tertiary/aromatic N) is 3. The van der Waals surface area contributed by atoms with Gasteiger partial charge in [-0.05, 0) is 64.7 Å². The number of ether oxygens (including phenoxy) is 2. The normalized spacial score (nSPS) is 19.4. The van der Waals surface area contributed by atoms with Crippen molar-refractivity contribution in [3.8, 4) is 0 Å². The SMILES string of the molecule is CCCCCCN(C(=O)[C@H](C(=O)N[C@H]1C[C@H](C)CCN1C(=O)OC(C)(C)C)[C@@H](C)CC)[C@H](C[C@@H](OCC)c1nc(C(=O)O)cs1)C(C)C. The summed E-state index contributed by atoms with van der Waals surface area (Å²) < 4.78 is 11.8. The summed E-state index contributed by atoms with van der Waals surface area (Å²) in [6.45, 7) is 21.0. The quantitative estimate of drug-likeness (QED) is 0.119. The number of carbonyl (C=O) groups excluding carboxylic acids is 3. The first-order chi connectivity index (χ1) is 22.5. The molecule has 1 aliphatic rings. The van der Waals surface area contributed by atoms with E-state index in [0.717, 1.165) is 32.1 Å². The maximum atomic E-state index is 14.8. The molecule has 2 rings (SSSR count).